The smallest absolute Gasteiger partial charge is 0.189 e. The van der Waals surface area contributed by atoms with Gasteiger partial charge in [-0.1, -0.05) is 0 Å². The second kappa shape index (κ2) is 29.3. The first kappa shape index (κ1) is 64.1. The number of ether oxygens (including phenoxy) is 6. The van der Waals surface area contributed by atoms with Crippen LogP contribution < -0.4 is 9.79 Å². The van der Waals surface area contributed by atoms with Crippen molar-refractivity contribution in [3.63, 3.8) is 0 Å². The predicted octanol–water partition coefficient (Wildman–Crippen LogP) is -13.6. The zero-order valence-electron chi connectivity index (χ0n) is 36.7. The third-order valence-electron chi connectivity index (χ3n) is 9.47. The molecule has 4 aliphatic heterocycles. The second-order valence-electron chi connectivity index (χ2n) is 17.0. The van der Waals surface area contributed by atoms with E-state index >= 15 is 0 Å². The van der Waals surface area contributed by atoms with Gasteiger partial charge >= 0.3 is 0 Å². The third kappa shape index (κ3) is 22.1. The molecule has 20 atom stereocenters. The lowest BCUT2D eigenvalue weighted by Crippen LogP contribution is -2.63. The Bertz CT molecular complexity index is 1140. The standard InChI is InChI=1S/2C12H22O11.2C5H14NO.H3O4P/c2*13-1-3-5(15)7(17)9(19)11(21-3)23-12-10(20)8(18)6(16)4(2-14)22-12;2*1-6(2,3)4-5-7;1-5(2,3)4/h2*3-20H,1-2H2;2*7H,4-5H2,1-3H3;(H3,1,2,3,4)/q;;2*+1;/p-2/t2*3-,4-,5-,6-,7+,8+,9-,10-,11-,12-;;;/m11.../s1. The van der Waals surface area contributed by atoms with Gasteiger partial charge in [-0.2, -0.15) is 0 Å². The number of likely N-dealkylation sites (N-methyl/N-ethyl adjacent to an activating group) is 2. The van der Waals surface area contributed by atoms with Crippen LogP contribution in [0.1, 0.15) is 0 Å². The minimum absolute atomic E-state index is 0.281. The minimum atomic E-state index is -5.14. The van der Waals surface area contributed by atoms with Crippen molar-refractivity contribution in [2.24, 2.45) is 0 Å². The molecule has 0 spiro atoms. The van der Waals surface area contributed by atoms with E-state index < -0.39 is 157 Å². The van der Waals surface area contributed by atoms with Gasteiger partial charge in [-0.15, -0.1) is 0 Å². The van der Waals surface area contributed by atoms with E-state index in [1.165, 1.54) is 0 Å². The summed E-state index contributed by atoms with van der Waals surface area (Å²) in [5.74, 6) is 0. The Balaban J connectivity index is 0.000000907. The van der Waals surface area contributed by atoms with Crippen LogP contribution in [0.25, 0.3) is 0 Å². The highest BCUT2D eigenvalue weighted by atomic mass is 31.2. The topological polar surface area (TPSA) is 503 Å². The van der Waals surface area contributed by atoms with E-state index in [2.05, 4.69) is 42.3 Å². The van der Waals surface area contributed by atoms with Crippen LogP contribution in [0, 0.1) is 0 Å². The van der Waals surface area contributed by atoms with E-state index in [0.29, 0.717) is 0 Å². The molecule has 65 heavy (non-hydrogen) atoms. The molecule has 0 aliphatic carbocycles. The molecule has 0 unspecified atom stereocenters. The van der Waals surface area contributed by atoms with Gasteiger partial charge in [0.05, 0.1) is 89.8 Å². The van der Waals surface area contributed by atoms with Crippen molar-refractivity contribution in [1.29, 1.82) is 0 Å². The van der Waals surface area contributed by atoms with Gasteiger partial charge in [0.25, 0.3) is 0 Å². The van der Waals surface area contributed by atoms with Crippen molar-refractivity contribution in [2.75, 3.05) is 95.0 Å². The van der Waals surface area contributed by atoms with Crippen LogP contribution >= 0.6 is 7.82 Å². The van der Waals surface area contributed by atoms with E-state index in [1.807, 2.05) is 0 Å². The van der Waals surface area contributed by atoms with Crippen molar-refractivity contribution >= 4 is 7.82 Å². The number of hydrogen-bond acceptors (Lipinski definition) is 27. The van der Waals surface area contributed by atoms with Crippen LogP contribution in [-0.4, -0.2) is 324 Å². The molecular formula is C34H73N2O28P. The number of rotatable bonds is 12. The summed E-state index contributed by atoms with van der Waals surface area (Å²) in [4.78, 5) is 24.3. The minimum Gasteiger partial charge on any atom is -0.790 e. The van der Waals surface area contributed by atoms with Gasteiger partial charge in [-0.05, 0) is 0 Å². The molecule has 0 bridgehead atoms. The molecule has 392 valence electrons. The predicted molar refractivity (Wildman–Crippen MR) is 207 cm³/mol. The molecule has 0 saturated carbocycles. The first-order valence-corrected chi connectivity index (χ1v) is 21.3. The third-order valence-corrected chi connectivity index (χ3v) is 9.47. The van der Waals surface area contributed by atoms with Gasteiger partial charge in [0.2, 0.25) is 0 Å². The maximum Gasteiger partial charge on any atom is 0.189 e. The highest BCUT2D eigenvalue weighted by molar-refractivity contribution is 7.42. The summed E-state index contributed by atoms with van der Waals surface area (Å²) in [5, 5.41) is 170. The Labute approximate surface area is 374 Å². The number of nitrogens with zero attached hydrogens (tertiary/aromatic N) is 2. The zero-order chi connectivity index (χ0) is 50.9. The molecule has 19 N–H and O–H groups in total. The van der Waals surface area contributed by atoms with Crippen molar-refractivity contribution < 1.29 is 149 Å². The monoisotopic (exact) mass is 988 g/mol. The molecule has 31 heteroatoms. The largest absolute Gasteiger partial charge is 0.790 e. The van der Waals surface area contributed by atoms with Crippen LogP contribution in [0.3, 0.4) is 0 Å². The molecule has 4 rings (SSSR count). The van der Waals surface area contributed by atoms with E-state index in [4.69, 9.17) is 78.3 Å². The molecule has 0 aromatic rings. The molecular weight excluding hydrogens is 915 g/mol. The molecule has 4 aliphatic rings. The summed E-state index contributed by atoms with van der Waals surface area (Å²) in [6.07, 6.45) is -31.2. The molecule has 4 heterocycles. The van der Waals surface area contributed by atoms with Gasteiger partial charge in [0.15, 0.2) is 25.2 Å². The van der Waals surface area contributed by atoms with E-state index in [9.17, 15) is 61.3 Å². The summed E-state index contributed by atoms with van der Waals surface area (Å²) < 4.78 is 41.0. The summed E-state index contributed by atoms with van der Waals surface area (Å²) in [6.45, 7) is -0.440. The number of hydrogen-bond donors (Lipinski definition) is 19. The van der Waals surface area contributed by atoms with Gasteiger partial charge in [-0.25, -0.2) is 0 Å². The molecule has 4 fully saturated rings. The van der Waals surface area contributed by atoms with Crippen LogP contribution in [0.2, 0.25) is 0 Å². The quantitative estimate of drug-likeness (QED) is 0.0638. The maximum absolute atomic E-state index is 9.84. The van der Waals surface area contributed by atoms with E-state index in [1.54, 1.807) is 0 Å². The average Bonchev–Trinajstić information content (AvgIpc) is 3.20. The van der Waals surface area contributed by atoms with Crippen LogP contribution in [-0.2, 0) is 33.0 Å². The molecule has 0 aromatic carbocycles. The first-order chi connectivity index (χ1) is 29.7. The molecule has 4 saturated heterocycles. The number of aliphatic hydroxyl groups is 18. The number of aliphatic hydroxyl groups excluding tert-OH is 18. The number of quaternary nitrogens is 2. The fraction of sp³-hybridized carbons (Fsp3) is 1.00. The Morgan fingerprint density at radius 3 is 0.677 bits per heavy atom. The van der Waals surface area contributed by atoms with Crippen molar-refractivity contribution in [3.8, 4) is 0 Å². The van der Waals surface area contributed by atoms with Gasteiger partial charge in [-0.3, -0.25) is 0 Å². The fourth-order valence-electron chi connectivity index (χ4n) is 5.58. The lowest BCUT2D eigenvalue weighted by molar-refractivity contribution is -0.870. The molecule has 0 radical (unpaired) electrons. The lowest BCUT2D eigenvalue weighted by atomic mass is 9.98. The van der Waals surface area contributed by atoms with Crippen LogP contribution in [0.4, 0.5) is 0 Å². The van der Waals surface area contributed by atoms with Gasteiger partial charge in [0, 0.05) is 0 Å². The van der Waals surface area contributed by atoms with Crippen molar-refractivity contribution in [1.82, 2.24) is 0 Å². The molecule has 0 amide bonds. The summed E-state index contributed by atoms with van der Waals surface area (Å²) in [5.41, 5.74) is 0. The van der Waals surface area contributed by atoms with Gasteiger partial charge < -0.3 is 149 Å². The highest BCUT2D eigenvalue weighted by Gasteiger charge is 2.51. The summed E-state index contributed by atoms with van der Waals surface area (Å²) in [7, 11) is 7.17. The SMILES string of the molecule is C[N+](C)(C)CCO.C[N+](C)(C)CCO.O=P([O-])([O-])O.OC[C@H]1O[C@H](O[C@H]2O[C@H](CO)[C@@H](O)[C@H](O)[C@H]2O)[C@H](O)[C@@H](O)[C@@H]1O.OC[C@H]1O[C@H](O[C@H]2O[C@H](CO)[C@@H](O)[C@H](O)[C@H]2O)[C@H](O)[C@@H](O)[C@@H]1O. The van der Waals surface area contributed by atoms with Crippen LogP contribution in [0.15, 0.2) is 0 Å². The maximum atomic E-state index is 9.84. The highest BCUT2D eigenvalue weighted by Crippen LogP contribution is 2.29. The Hall–Kier alpha value is -0.930. The van der Waals surface area contributed by atoms with Crippen molar-refractivity contribution in [3.05, 3.63) is 0 Å². The van der Waals surface area contributed by atoms with E-state index in [0.717, 1.165) is 22.1 Å². The lowest BCUT2D eigenvalue weighted by Gasteiger charge is -2.44. The molecule has 30 nitrogen and oxygen atoms in total. The Kier molecular flexibility index (Phi) is 28.9. The number of phosphoric acid groups is 1. The Morgan fingerprint density at radius 1 is 0.400 bits per heavy atom. The fourth-order valence-corrected chi connectivity index (χ4v) is 5.58. The zero-order valence-corrected chi connectivity index (χ0v) is 37.6. The first-order valence-electron chi connectivity index (χ1n) is 19.9. The second-order valence-corrected chi connectivity index (χ2v) is 17.9. The van der Waals surface area contributed by atoms with Crippen molar-refractivity contribution in [2.45, 2.75) is 123 Å². The molecule has 0 aromatic heterocycles. The summed E-state index contributed by atoms with van der Waals surface area (Å²) >= 11 is 0. The van der Waals surface area contributed by atoms with Crippen LogP contribution in [0.5, 0.6) is 0 Å². The van der Waals surface area contributed by atoms with E-state index in [-0.39, 0.29) is 13.2 Å². The normalized spacial score (nSPS) is 40.0. The average molecular weight is 989 g/mol. The Morgan fingerprint density at radius 2 is 0.569 bits per heavy atom. The summed E-state index contributed by atoms with van der Waals surface area (Å²) in [6, 6.07) is 0. The van der Waals surface area contributed by atoms with Gasteiger partial charge in [0.1, 0.15) is 111 Å².